The van der Waals surface area contributed by atoms with E-state index in [1.165, 1.54) is 9.80 Å². The van der Waals surface area contributed by atoms with Crippen molar-refractivity contribution in [2.45, 2.75) is 33.2 Å². The van der Waals surface area contributed by atoms with Gasteiger partial charge in [-0.25, -0.2) is 9.69 Å². The van der Waals surface area contributed by atoms with Crippen molar-refractivity contribution in [3.8, 4) is 0 Å². The van der Waals surface area contributed by atoms with Crippen molar-refractivity contribution in [3.05, 3.63) is 27.7 Å². The minimum Gasteiger partial charge on any atom is -0.313 e. The van der Waals surface area contributed by atoms with Gasteiger partial charge in [0, 0.05) is 11.5 Å². The zero-order chi connectivity index (χ0) is 14.5. The third-order valence-electron chi connectivity index (χ3n) is 3.72. The fraction of sp³-hybridized carbons (Fsp3) is 0.429. The first-order chi connectivity index (χ1) is 8.67. The molecule has 3 amide bonds. The molecule has 0 spiro atoms. The SMILES string of the molecule is Cc1cc(N2C(=O)N(C)C(C)(C)C2=O)cc(C)c1Br. The molecule has 1 saturated heterocycles. The van der Waals surface area contributed by atoms with Gasteiger partial charge in [-0.3, -0.25) is 4.79 Å². The highest BCUT2D eigenvalue weighted by atomic mass is 79.9. The van der Waals surface area contributed by atoms with E-state index in [2.05, 4.69) is 15.9 Å². The first kappa shape index (κ1) is 14.1. The van der Waals surface area contributed by atoms with Crippen molar-refractivity contribution in [2.75, 3.05) is 11.9 Å². The van der Waals surface area contributed by atoms with Crippen LogP contribution >= 0.6 is 15.9 Å². The Morgan fingerprint density at radius 3 is 1.95 bits per heavy atom. The predicted molar refractivity (Wildman–Crippen MR) is 78.3 cm³/mol. The minimum absolute atomic E-state index is 0.193. The standard InChI is InChI=1S/C14H17BrN2O2/c1-8-6-10(7-9(2)11(8)15)17-12(18)14(3,4)16(5)13(17)19/h6-7H,1-5H3. The maximum Gasteiger partial charge on any atom is 0.332 e. The third-order valence-corrected chi connectivity index (χ3v) is 4.97. The lowest BCUT2D eigenvalue weighted by molar-refractivity contribution is -0.123. The Morgan fingerprint density at radius 2 is 1.58 bits per heavy atom. The number of nitrogens with zero attached hydrogens (tertiary/aromatic N) is 2. The van der Waals surface area contributed by atoms with Gasteiger partial charge < -0.3 is 4.90 Å². The molecule has 4 nitrogen and oxygen atoms in total. The van der Waals surface area contributed by atoms with Crippen LogP contribution in [0.25, 0.3) is 0 Å². The van der Waals surface area contributed by atoms with Crippen LogP contribution in [0.15, 0.2) is 16.6 Å². The van der Waals surface area contributed by atoms with E-state index >= 15 is 0 Å². The Hall–Kier alpha value is -1.36. The summed E-state index contributed by atoms with van der Waals surface area (Å²) in [7, 11) is 1.65. The molecule has 1 aliphatic rings. The third kappa shape index (κ3) is 1.96. The summed E-state index contributed by atoms with van der Waals surface area (Å²) in [5, 5.41) is 0. The number of hydrogen-bond donors (Lipinski definition) is 0. The van der Waals surface area contributed by atoms with E-state index < -0.39 is 5.54 Å². The highest BCUT2D eigenvalue weighted by Crippen LogP contribution is 2.33. The summed E-state index contributed by atoms with van der Waals surface area (Å²) in [5.74, 6) is -0.193. The van der Waals surface area contributed by atoms with Crippen molar-refractivity contribution in [3.63, 3.8) is 0 Å². The lowest BCUT2D eigenvalue weighted by atomic mass is 10.0. The van der Waals surface area contributed by atoms with Gasteiger partial charge in [0.25, 0.3) is 5.91 Å². The molecule has 1 aromatic rings. The minimum atomic E-state index is -0.800. The van der Waals surface area contributed by atoms with Gasteiger partial charge in [0.1, 0.15) is 5.54 Å². The molecule has 0 atom stereocenters. The molecule has 0 aromatic heterocycles. The molecule has 0 bridgehead atoms. The van der Waals surface area contributed by atoms with Gasteiger partial charge in [-0.1, -0.05) is 15.9 Å². The first-order valence-electron chi connectivity index (χ1n) is 6.07. The average Bonchev–Trinajstić information content (AvgIpc) is 2.48. The molecule has 1 aliphatic heterocycles. The van der Waals surface area contributed by atoms with Crippen LogP contribution in [-0.4, -0.2) is 29.4 Å². The summed E-state index contributed by atoms with van der Waals surface area (Å²) < 4.78 is 1.00. The van der Waals surface area contributed by atoms with Crippen LogP contribution in [0, 0.1) is 13.8 Å². The number of carbonyl (C=O) groups excluding carboxylic acids is 2. The molecule has 0 aliphatic carbocycles. The van der Waals surface area contributed by atoms with Gasteiger partial charge in [-0.15, -0.1) is 0 Å². The van der Waals surface area contributed by atoms with Crippen LogP contribution in [0.2, 0.25) is 0 Å². The first-order valence-corrected chi connectivity index (χ1v) is 6.86. The molecule has 0 N–H and O–H groups in total. The highest BCUT2D eigenvalue weighted by molar-refractivity contribution is 9.10. The quantitative estimate of drug-likeness (QED) is 0.744. The molecule has 1 aromatic carbocycles. The lowest BCUT2D eigenvalue weighted by Gasteiger charge is -2.22. The summed E-state index contributed by atoms with van der Waals surface area (Å²) in [6, 6.07) is 3.42. The number of aryl methyl sites for hydroxylation is 2. The summed E-state index contributed by atoms with van der Waals surface area (Å²) in [5.41, 5.74) is 1.84. The van der Waals surface area contributed by atoms with E-state index in [0.29, 0.717) is 5.69 Å². The number of urea groups is 1. The number of anilines is 1. The van der Waals surface area contributed by atoms with E-state index in [-0.39, 0.29) is 11.9 Å². The number of carbonyl (C=O) groups is 2. The second-order valence-corrected chi connectivity index (χ2v) is 6.23. The Bertz CT molecular complexity index is 558. The largest absolute Gasteiger partial charge is 0.332 e. The van der Waals surface area contributed by atoms with Crippen LogP contribution in [0.1, 0.15) is 25.0 Å². The summed E-state index contributed by atoms with van der Waals surface area (Å²) in [4.78, 5) is 27.4. The molecule has 5 heteroatoms. The van der Waals surface area contributed by atoms with E-state index in [9.17, 15) is 9.59 Å². The average molecular weight is 325 g/mol. The smallest absolute Gasteiger partial charge is 0.313 e. The molecule has 0 saturated carbocycles. The van der Waals surface area contributed by atoms with Gasteiger partial charge in [0.15, 0.2) is 0 Å². The molecule has 1 fully saturated rings. The topological polar surface area (TPSA) is 40.6 Å². The normalized spacial score (nSPS) is 18.4. The van der Waals surface area contributed by atoms with Crippen LogP contribution in [-0.2, 0) is 4.79 Å². The van der Waals surface area contributed by atoms with Gasteiger partial charge in [0.05, 0.1) is 5.69 Å². The van der Waals surface area contributed by atoms with Crippen molar-refractivity contribution >= 4 is 33.6 Å². The summed E-state index contributed by atoms with van der Waals surface area (Å²) in [6.07, 6.45) is 0. The zero-order valence-electron chi connectivity index (χ0n) is 11.7. The second kappa shape index (κ2) is 4.34. The van der Waals surface area contributed by atoms with Crippen molar-refractivity contribution in [2.24, 2.45) is 0 Å². The van der Waals surface area contributed by atoms with Gasteiger partial charge in [-0.2, -0.15) is 0 Å². The fourth-order valence-corrected chi connectivity index (χ4v) is 2.40. The molecule has 1 heterocycles. The molecule has 0 radical (unpaired) electrons. The monoisotopic (exact) mass is 324 g/mol. The zero-order valence-corrected chi connectivity index (χ0v) is 13.3. The number of benzene rings is 1. The van der Waals surface area contributed by atoms with E-state index in [1.807, 2.05) is 26.0 Å². The molecule has 2 rings (SSSR count). The van der Waals surface area contributed by atoms with Crippen LogP contribution in [0.5, 0.6) is 0 Å². The molecule has 102 valence electrons. The molecular formula is C14H17BrN2O2. The second-order valence-electron chi connectivity index (χ2n) is 5.43. The van der Waals surface area contributed by atoms with Gasteiger partial charge >= 0.3 is 6.03 Å². The Labute approximate surface area is 121 Å². The number of likely N-dealkylation sites (N-methyl/N-ethyl adjacent to an activating group) is 1. The number of hydrogen-bond acceptors (Lipinski definition) is 2. The molecule has 0 unspecified atom stereocenters. The maximum absolute atomic E-state index is 12.4. The highest BCUT2D eigenvalue weighted by Gasteiger charge is 2.49. The Balaban J connectivity index is 2.55. The van der Waals surface area contributed by atoms with Crippen LogP contribution in [0.3, 0.4) is 0 Å². The Morgan fingerprint density at radius 1 is 1.11 bits per heavy atom. The number of halogens is 1. The summed E-state index contributed by atoms with van der Waals surface area (Å²) in [6.45, 7) is 7.40. The van der Waals surface area contributed by atoms with Crippen molar-refractivity contribution in [1.29, 1.82) is 0 Å². The molecule has 19 heavy (non-hydrogen) atoms. The van der Waals surface area contributed by atoms with Gasteiger partial charge in [-0.05, 0) is 51.0 Å². The predicted octanol–water partition coefficient (Wildman–Crippen LogP) is 3.24. The number of imide groups is 1. The lowest BCUT2D eigenvalue weighted by Crippen LogP contribution is -2.41. The fourth-order valence-electron chi connectivity index (χ4n) is 2.17. The molecular weight excluding hydrogens is 308 g/mol. The van der Waals surface area contributed by atoms with Crippen LogP contribution in [0.4, 0.5) is 10.5 Å². The van der Waals surface area contributed by atoms with E-state index in [0.717, 1.165) is 15.6 Å². The Kier molecular flexibility index (Phi) is 3.21. The van der Waals surface area contributed by atoms with Crippen LogP contribution < -0.4 is 4.90 Å². The summed E-state index contributed by atoms with van der Waals surface area (Å²) >= 11 is 3.49. The number of rotatable bonds is 1. The van der Waals surface area contributed by atoms with Crippen molar-refractivity contribution in [1.82, 2.24) is 4.90 Å². The van der Waals surface area contributed by atoms with E-state index in [4.69, 9.17) is 0 Å². The van der Waals surface area contributed by atoms with E-state index in [1.54, 1.807) is 20.9 Å². The number of amides is 3. The maximum atomic E-state index is 12.4. The van der Waals surface area contributed by atoms with Crippen molar-refractivity contribution < 1.29 is 9.59 Å². The van der Waals surface area contributed by atoms with Gasteiger partial charge in [0.2, 0.25) is 0 Å².